The Morgan fingerprint density at radius 2 is 2.08 bits per heavy atom. The molecule has 0 spiro atoms. The first-order valence-electron chi connectivity index (χ1n) is 8.79. The minimum absolute atomic E-state index is 0.0789. The molecule has 2 aromatic heterocycles. The van der Waals surface area contributed by atoms with Crippen LogP contribution in [-0.2, 0) is 4.74 Å². The summed E-state index contributed by atoms with van der Waals surface area (Å²) in [6, 6.07) is 10.6. The highest BCUT2D eigenvalue weighted by Crippen LogP contribution is 2.49. The van der Waals surface area contributed by atoms with Crippen molar-refractivity contribution in [3.05, 3.63) is 73.1 Å². The van der Waals surface area contributed by atoms with E-state index in [1.807, 2.05) is 6.07 Å². The summed E-state index contributed by atoms with van der Waals surface area (Å²) in [5.74, 6) is 1.62. The molecule has 4 rings (SSSR count). The molecule has 2 unspecified atom stereocenters. The van der Waals surface area contributed by atoms with E-state index in [2.05, 4.69) is 48.0 Å². The molecule has 0 fully saturated rings. The molecule has 2 aromatic rings. The second-order valence-corrected chi connectivity index (χ2v) is 8.62. The number of ether oxygens (including phenoxy) is 1. The normalized spacial score (nSPS) is 24.4. The van der Waals surface area contributed by atoms with Crippen LogP contribution in [-0.4, -0.2) is 0 Å². The van der Waals surface area contributed by atoms with Gasteiger partial charge in [0.1, 0.15) is 17.4 Å². The van der Waals surface area contributed by atoms with Crippen LogP contribution in [0.15, 0.2) is 63.4 Å². The topological polar surface area (TPSA) is 59.0 Å². The molecule has 2 atom stereocenters. The van der Waals surface area contributed by atoms with Gasteiger partial charge in [0, 0.05) is 9.75 Å². The summed E-state index contributed by atoms with van der Waals surface area (Å²) in [6.07, 6.45) is 5.27. The maximum absolute atomic E-state index is 9.72. The van der Waals surface area contributed by atoms with Gasteiger partial charge in [-0.05, 0) is 58.9 Å². The van der Waals surface area contributed by atoms with E-state index in [1.165, 1.54) is 16.0 Å². The summed E-state index contributed by atoms with van der Waals surface area (Å²) < 4.78 is 6.03. The highest BCUT2D eigenvalue weighted by atomic mass is 32.1. The second-order valence-electron chi connectivity index (χ2n) is 6.66. The zero-order valence-corrected chi connectivity index (χ0v) is 16.2. The van der Waals surface area contributed by atoms with Crippen LogP contribution in [0.1, 0.15) is 41.9 Å². The van der Waals surface area contributed by atoms with Crippen molar-refractivity contribution < 1.29 is 4.74 Å². The fourth-order valence-electron chi connectivity index (χ4n) is 3.79. The lowest BCUT2D eigenvalue weighted by Crippen LogP contribution is -2.26. The van der Waals surface area contributed by atoms with Crippen molar-refractivity contribution in [1.82, 2.24) is 0 Å². The molecular formula is C21H20N2OS2. The van der Waals surface area contributed by atoms with Gasteiger partial charge in [-0.3, -0.25) is 0 Å². The van der Waals surface area contributed by atoms with Gasteiger partial charge in [-0.25, -0.2) is 0 Å². The van der Waals surface area contributed by atoms with E-state index < -0.39 is 0 Å². The number of allylic oxidation sites excluding steroid dienone is 3. The Morgan fingerprint density at radius 3 is 2.73 bits per heavy atom. The number of hydrogen-bond acceptors (Lipinski definition) is 5. The Balaban J connectivity index is 1.87. The van der Waals surface area contributed by atoms with Gasteiger partial charge in [0.15, 0.2) is 0 Å². The van der Waals surface area contributed by atoms with Crippen molar-refractivity contribution in [3.63, 3.8) is 0 Å². The van der Waals surface area contributed by atoms with E-state index in [0.717, 1.165) is 29.9 Å². The molecule has 1 aliphatic heterocycles. The summed E-state index contributed by atoms with van der Waals surface area (Å²) >= 11 is 3.39. The monoisotopic (exact) mass is 380 g/mol. The van der Waals surface area contributed by atoms with E-state index in [0.29, 0.717) is 11.5 Å². The van der Waals surface area contributed by atoms with E-state index in [-0.39, 0.29) is 11.8 Å². The van der Waals surface area contributed by atoms with Crippen LogP contribution in [0.3, 0.4) is 0 Å². The number of hydrogen-bond donors (Lipinski definition) is 1. The van der Waals surface area contributed by atoms with Crippen LogP contribution < -0.4 is 5.73 Å². The van der Waals surface area contributed by atoms with Crippen molar-refractivity contribution in [2.45, 2.75) is 32.1 Å². The van der Waals surface area contributed by atoms with E-state index in [4.69, 9.17) is 10.5 Å². The fourth-order valence-corrected chi connectivity index (χ4v) is 5.34. The van der Waals surface area contributed by atoms with Gasteiger partial charge in [0.05, 0.1) is 5.92 Å². The quantitative estimate of drug-likeness (QED) is 0.735. The first-order valence-corrected chi connectivity index (χ1v) is 10.6. The molecule has 2 aliphatic rings. The van der Waals surface area contributed by atoms with Crippen LogP contribution in [0.25, 0.3) is 6.08 Å². The van der Waals surface area contributed by atoms with Crippen LogP contribution in [0.5, 0.6) is 0 Å². The first kappa shape index (κ1) is 17.1. The van der Waals surface area contributed by atoms with Crippen LogP contribution in [0, 0.1) is 17.2 Å². The van der Waals surface area contributed by atoms with E-state index in [1.54, 1.807) is 22.7 Å². The predicted octanol–water partition coefficient (Wildman–Crippen LogP) is 5.77. The number of nitriles is 1. The van der Waals surface area contributed by atoms with Crippen molar-refractivity contribution in [2.24, 2.45) is 11.7 Å². The Morgan fingerprint density at radius 1 is 1.27 bits per heavy atom. The Labute approximate surface area is 161 Å². The maximum atomic E-state index is 9.72. The zero-order chi connectivity index (χ0) is 18.1. The van der Waals surface area contributed by atoms with E-state index >= 15 is 0 Å². The molecule has 3 nitrogen and oxygen atoms in total. The standard InChI is InChI=1S/C21H20N2OS2/c1-2-13-9-14(11-15-5-3-7-25-15)20-16(10-13)19(18-6-4-8-26-18)17(12-22)21(23)24-20/h3-8,11,13,19H,2,9-10,23H2,1H3/b14-11+. The number of nitrogens with zero attached hydrogens (tertiary/aromatic N) is 1. The summed E-state index contributed by atoms with van der Waals surface area (Å²) in [5.41, 5.74) is 9.12. The van der Waals surface area contributed by atoms with Crippen molar-refractivity contribution in [1.29, 1.82) is 5.26 Å². The third-order valence-corrected chi connectivity index (χ3v) is 6.86. The fraction of sp³-hybridized carbons (Fsp3) is 0.286. The molecule has 0 radical (unpaired) electrons. The number of rotatable bonds is 3. The smallest absolute Gasteiger partial charge is 0.205 e. The molecule has 2 N–H and O–H groups in total. The number of nitrogens with two attached hydrogens (primary N) is 1. The molecule has 0 aromatic carbocycles. The maximum Gasteiger partial charge on any atom is 0.205 e. The van der Waals surface area contributed by atoms with Crippen molar-refractivity contribution in [3.8, 4) is 6.07 Å². The molecule has 26 heavy (non-hydrogen) atoms. The minimum atomic E-state index is -0.0789. The van der Waals surface area contributed by atoms with E-state index in [9.17, 15) is 5.26 Å². The molecule has 3 heterocycles. The van der Waals surface area contributed by atoms with Gasteiger partial charge in [0.2, 0.25) is 5.88 Å². The molecule has 132 valence electrons. The highest BCUT2D eigenvalue weighted by Gasteiger charge is 2.38. The molecule has 0 bridgehead atoms. The summed E-state index contributed by atoms with van der Waals surface area (Å²) in [5, 5.41) is 13.9. The van der Waals surface area contributed by atoms with Crippen molar-refractivity contribution >= 4 is 28.7 Å². The van der Waals surface area contributed by atoms with Gasteiger partial charge in [0.25, 0.3) is 0 Å². The lowest BCUT2D eigenvalue weighted by Gasteiger charge is -2.35. The van der Waals surface area contributed by atoms with Crippen LogP contribution in [0.4, 0.5) is 0 Å². The van der Waals surface area contributed by atoms with Crippen LogP contribution >= 0.6 is 22.7 Å². The second kappa shape index (κ2) is 7.14. The largest absolute Gasteiger partial charge is 0.440 e. The van der Waals surface area contributed by atoms with Gasteiger partial charge in [-0.15, -0.1) is 22.7 Å². The average molecular weight is 381 g/mol. The van der Waals surface area contributed by atoms with Crippen LogP contribution in [0.2, 0.25) is 0 Å². The summed E-state index contributed by atoms with van der Waals surface area (Å²) in [7, 11) is 0. The minimum Gasteiger partial charge on any atom is -0.440 e. The molecule has 0 saturated carbocycles. The SMILES string of the molecule is CCC1CC2=C(OC(N)=C(C#N)C2c2cccs2)/C(=C/c2cccs2)C1. The van der Waals surface area contributed by atoms with Gasteiger partial charge in [-0.2, -0.15) is 5.26 Å². The van der Waals surface area contributed by atoms with Crippen molar-refractivity contribution in [2.75, 3.05) is 0 Å². The Bertz CT molecular complexity index is 927. The number of thiophene rings is 2. The average Bonchev–Trinajstić information content (AvgIpc) is 3.34. The Hall–Kier alpha value is -2.29. The van der Waals surface area contributed by atoms with Gasteiger partial charge >= 0.3 is 0 Å². The molecular weight excluding hydrogens is 360 g/mol. The third-order valence-electron chi connectivity index (χ3n) is 5.10. The molecule has 0 amide bonds. The predicted molar refractivity (Wildman–Crippen MR) is 107 cm³/mol. The highest BCUT2D eigenvalue weighted by molar-refractivity contribution is 7.10. The molecule has 1 aliphatic carbocycles. The van der Waals surface area contributed by atoms with Gasteiger partial charge < -0.3 is 10.5 Å². The summed E-state index contributed by atoms with van der Waals surface area (Å²) in [4.78, 5) is 2.38. The third kappa shape index (κ3) is 3.00. The summed E-state index contributed by atoms with van der Waals surface area (Å²) in [6.45, 7) is 2.23. The lowest BCUT2D eigenvalue weighted by molar-refractivity contribution is 0.265. The first-order chi connectivity index (χ1) is 12.7. The Kier molecular flexibility index (Phi) is 4.71. The molecule has 5 heteroatoms. The molecule has 0 saturated heterocycles. The van der Waals surface area contributed by atoms with Gasteiger partial charge in [-0.1, -0.05) is 25.5 Å². The lowest BCUT2D eigenvalue weighted by atomic mass is 9.74. The zero-order valence-electron chi connectivity index (χ0n) is 14.6.